The molecule has 1 atom stereocenters. The summed E-state index contributed by atoms with van der Waals surface area (Å²) >= 11 is 0. The maximum absolute atomic E-state index is 14.5. The fraction of sp³-hybridized carbons (Fsp3) is 0.545. The van der Waals surface area contributed by atoms with Gasteiger partial charge in [0.05, 0.1) is 11.2 Å². The molecule has 5 heterocycles. The molecule has 0 radical (unpaired) electrons. The molecule has 230 valence electrons. The first kappa shape index (κ1) is 27.7. The van der Waals surface area contributed by atoms with Crippen LogP contribution in [-0.4, -0.2) is 75.5 Å². The van der Waals surface area contributed by atoms with Crippen LogP contribution in [-0.2, 0) is 4.74 Å². The van der Waals surface area contributed by atoms with Crippen LogP contribution in [0, 0.1) is 23.1 Å². The van der Waals surface area contributed by atoms with Crippen molar-refractivity contribution >= 4 is 11.9 Å². The average Bonchev–Trinajstić information content (AvgIpc) is 3.61. The number of ether oxygens (including phenoxy) is 2. The van der Waals surface area contributed by atoms with Gasteiger partial charge in [-0.25, -0.2) is 14.2 Å². The van der Waals surface area contributed by atoms with Crippen LogP contribution in [0.1, 0.15) is 57.4 Å². The van der Waals surface area contributed by atoms with Crippen molar-refractivity contribution in [1.29, 1.82) is 0 Å². The van der Waals surface area contributed by atoms with Crippen LogP contribution in [0.3, 0.4) is 0 Å². The van der Waals surface area contributed by atoms with Crippen LogP contribution in [0.4, 0.5) is 15.0 Å². The SMILES string of the molecule is CC(C)[C@H](C1CC2(COC(=O)N2)C1)N1CC2(CCN(c3ncnnc3Oc3ccc(F)cc3-c3ncccc3C3CC3)C2)C1. The standard InChI is InChI=1S/C33H38FN7O3/c1-20(2)28(22-13-33(14-22)18-43-31(42)38-33)41-16-32(17-41)9-11-40(15-32)29-30(39-37-19-36-29)44-26-8-7-23(34)12-25(26)27-24(21-5-6-21)4-3-10-35-27/h3-4,7-8,10,12,19-22,28H,5-6,9,11,13-18H2,1-2H3,(H,38,42)/t22?,28-,33?/m1/s1. The number of aromatic nitrogens is 4. The number of carbonyl (C=O) groups is 1. The zero-order valence-corrected chi connectivity index (χ0v) is 25.2. The lowest BCUT2D eigenvalue weighted by molar-refractivity contribution is -0.0810. The Kier molecular flexibility index (Phi) is 6.51. The fourth-order valence-electron chi connectivity index (χ4n) is 8.35. The van der Waals surface area contributed by atoms with Crippen LogP contribution >= 0.6 is 0 Å². The molecule has 3 saturated heterocycles. The van der Waals surface area contributed by atoms with Gasteiger partial charge in [0.15, 0.2) is 5.82 Å². The number of rotatable bonds is 8. The van der Waals surface area contributed by atoms with E-state index in [0.29, 0.717) is 53.4 Å². The predicted molar refractivity (Wildman–Crippen MR) is 161 cm³/mol. The third kappa shape index (κ3) is 4.85. The van der Waals surface area contributed by atoms with Gasteiger partial charge in [0, 0.05) is 49.4 Å². The number of carbonyl (C=O) groups excluding carboxylic acids is 1. The van der Waals surface area contributed by atoms with Crippen molar-refractivity contribution in [2.75, 3.05) is 37.7 Å². The highest BCUT2D eigenvalue weighted by Gasteiger charge is 2.57. The van der Waals surface area contributed by atoms with Crippen molar-refractivity contribution in [2.45, 2.75) is 63.5 Å². The van der Waals surface area contributed by atoms with E-state index >= 15 is 0 Å². The number of hydrogen-bond acceptors (Lipinski definition) is 9. The second-order valence-corrected chi connectivity index (χ2v) is 14.0. The Morgan fingerprint density at radius 3 is 2.73 bits per heavy atom. The van der Waals surface area contributed by atoms with E-state index in [1.165, 1.54) is 18.5 Å². The first-order valence-corrected chi connectivity index (χ1v) is 15.8. The Bertz CT molecular complexity index is 1590. The van der Waals surface area contributed by atoms with Gasteiger partial charge in [0.2, 0.25) is 0 Å². The summed E-state index contributed by atoms with van der Waals surface area (Å²) in [5.74, 6) is 2.66. The number of hydrogen-bond donors (Lipinski definition) is 1. The molecule has 1 N–H and O–H groups in total. The minimum absolute atomic E-state index is 0.154. The van der Waals surface area contributed by atoms with E-state index in [0.717, 1.165) is 69.5 Å². The lowest BCUT2D eigenvalue weighted by Crippen LogP contribution is -2.67. The zero-order chi connectivity index (χ0) is 30.1. The molecule has 0 unspecified atom stereocenters. The average molecular weight is 600 g/mol. The van der Waals surface area contributed by atoms with Gasteiger partial charge >= 0.3 is 6.09 Å². The summed E-state index contributed by atoms with van der Waals surface area (Å²) < 4.78 is 26.1. The number of cyclic esters (lactones) is 1. The van der Waals surface area contributed by atoms with Gasteiger partial charge in [-0.1, -0.05) is 19.9 Å². The topological polar surface area (TPSA) is 106 Å². The van der Waals surface area contributed by atoms with Gasteiger partial charge in [-0.2, -0.15) is 0 Å². The number of anilines is 1. The van der Waals surface area contributed by atoms with E-state index in [4.69, 9.17) is 9.47 Å². The summed E-state index contributed by atoms with van der Waals surface area (Å²) in [6, 6.07) is 9.03. The Morgan fingerprint density at radius 2 is 1.98 bits per heavy atom. The van der Waals surface area contributed by atoms with Crippen LogP contribution in [0.5, 0.6) is 11.6 Å². The maximum Gasteiger partial charge on any atom is 0.407 e. The molecule has 2 aliphatic carbocycles. The Hall–Kier alpha value is -3.86. The number of alkyl carbamates (subject to hydrolysis) is 1. The maximum atomic E-state index is 14.5. The molecule has 2 spiro atoms. The molecule has 11 heteroatoms. The minimum Gasteiger partial charge on any atom is -0.447 e. The van der Waals surface area contributed by atoms with E-state index in [9.17, 15) is 9.18 Å². The highest BCUT2D eigenvalue weighted by atomic mass is 19.1. The molecular formula is C33H38FN7O3. The summed E-state index contributed by atoms with van der Waals surface area (Å²) in [7, 11) is 0. The lowest BCUT2D eigenvalue weighted by atomic mass is 9.62. The third-order valence-electron chi connectivity index (χ3n) is 10.4. The molecule has 5 aliphatic rings. The Morgan fingerprint density at radius 1 is 1.14 bits per heavy atom. The lowest BCUT2D eigenvalue weighted by Gasteiger charge is -2.58. The van der Waals surface area contributed by atoms with E-state index in [-0.39, 0.29) is 22.9 Å². The molecule has 3 aromatic rings. The van der Waals surface area contributed by atoms with Crippen LogP contribution in [0.15, 0.2) is 42.9 Å². The molecule has 5 fully saturated rings. The number of nitrogens with one attached hydrogen (secondary N) is 1. The van der Waals surface area contributed by atoms with Crippen molar-refractivity contribution in [1.82, 2.24) is 30.4 Å². The van der Waals surface area contributed by atoms with Gasteiger partial charge in [-0.05, 0) is 79.7 Å². The van der Waals surface area contributed by atoms with Gasteiger partial charge in [-0.15, -0.1) is 10.2 Å². The summed E-state index contributed by atoms with van der Waals surface area (Å²) in [6.07, 6.45) is 8.18. The quantitative estimate of drug-likeness (QED) is 0.376. The number of nitrogens with zero attached hydrogens (tertiary/aromatic N) is 6. The minimum atomic E-state index is -0.341. The first-order valence-electron chi connectivity index (χ1n) is 15.8. The van der Waals surface area contributed by atoms with Crippen molar-refractivity contribution in [3.05, 3.63) is 54.2 Å². The van der Waals surface area contributed by atoms with Gasteiger partial charge in [0.1, 0.15) is 24.5 Å². The number of benzene rings is 1. The van der Waals surface area contributed by atoms with E-state index in [2.05, 4.69) is 55.2 Å². The van der Waals surface area contributed by atoms with Gasteiger partial charge in [-0.3, -0.25) is 9.88 Å². The molecule has 2 saturated carbocycles. The molecule has 3 aliphatic heterocycles. The summed E-state index contributed by atoms with van der Waals surface area (Å²) in [6.45, 7) is 8.91. The van der Waals surface area contributed by atoms with Crippen molar-refractivity contribution < 1.29 is 18.7 Å². The molecule has 1 aromatic carbocycles. The summed E-state index contributed by atoms with van der Waals surface area (Å²) in [4.78, 5) is 25.8. The smallest absolute Gasteiger partial charge is 0.407 e. The molecule has 0 bridgehead atoms. The molecule has 8 rings (SSSR count). The summed E-state index contributed by atoms with van der Waals surface area (Å²) in [5.41, 5.74) is 2.51. The monoisotopic (exact) mass is 599 g/mol. The second-order valence-electron chi connectivity index (χ2n) is 14.0. The van der Waals surface area contributed by atoms with E-state index in [1.807, 2.05) is 6.07 Å². The molecule has 2 aromatic heterocycles. The van der Waals surface area contributed by atoms with Gasteiger partial charge < -0.3 is 19.7 Å². The Labute approximate surface area is 256 Å². The highest BCUT2D eigenvalue weighted by Crippen LogP contribution is 2.51. The van der Waals surface area contributed by atoms with Crippen molar-refractivity contribution in [3.8, 4) is 22.9 Å². The highest BCUT2D eigenvalue weighted by molar-refractivity contribution is 5.72. The normalized spacial score (nSPS) is 26.4. The van der Waals surface area contributed by atoms with Crippen LogP contribution in [0.25, 0.3) is 11.3 Å². The molecule has 1 amide bonds. The number of likely N-dealkylation sites (tertiary alicyclic amines) is 1. The second kappa shape index (κ2) is 10.4. The van der Waals surface area contributed by atoms with Crippen molar-refractivity contribution in [3.63, 3.8) is 0 Å². The number of pyridine rings is 1. The molecule has 44 heavy (non-hydrogen) atoms. The Balaban J connectivity index is 0.978. The first-order chi connectivity index (χ1) is 21.3. The fourth-order valence-corrected chi connectivity index (χ4v) is 8.35. The van der Waals surface area contributed by atoms with E-state index in [1.54, 1.807) is 12.3 Å². The third-order valence-corrected chi connectivity index (χ3v) is 10.4. The van der Waals surface area contributed by atoms with Crippen LogP contribution in [0.2, 0.25) is 0 Å². The van der Waals surface area contributed by atoms with E-state index < -0.39 is 0 Å². The summed E-state index contributed by atoms with van der Waals surface area (Å²) in [5, 5.41) is 11.4. The zero-order valence-electron chi connectivity index (χ0n) is 25.2. The predicted octanol–water partition coefficient (Wildman–Crippen LogP) is 5.17. The number of amides is 1. The number of halogens is 1. The van der Waals surface area contributed by atoms with Gasteiger partial charge in [0.25, 0.3) is 5.88 Å². The molecule has 10 nitrogen and oxygen atoms in total. The molecular weight excluding hydrogens is 561 g/mol. The van der Waals surface area contributed by atoms with Crippen molar-refractivity contribution in [2.24, 2.45) is 17.3 Å². The largest absolute Gasteiger partial charge is 0.447 e. The van der Waals surface area contributed by atoms with Crippen LogP contribution < -0.4 is 15.0 Å².